The molecule has 0 radical (unpaired) electrons. The van der Waals surface area contributed by atoms with E-state index in [1.54, 1.807) is 13.0 Å². The first-order valence-electron chi connectivity index (χ1n) is 11.3. The Kier molecular flexibility index (Phi) is 9.96. The molecular formula is C23H37NO7. The summed E-state index contributed by atoms with van der Waals surface area (Å²) in [5.41, 5.74) is 0. The second-order valence-corrected chi connectivity index (χ2v) is 8.29. The van der Waals surface area contributed by atoms with Crippen molar-refractivity contribution in [2.24, 2.45) is 17.8 Å². The molecule has 0 unspecified atom stereocenters. The normalized spacial score (nSPS) is 24.3. The predicted octanol–water partition coefficient (Wildman–Crippen LogP) is 2.75. The average Bonchev–Trinajstić information content (AvgIpc) is 3.36. The van der Waals surface area contributed by atoms with Crippen molar-refractivity contribution in [1.29, 1.82) is 0 Å². The minimum absolute atomic E-state index is 0.000583. The van der Waals surface area contributed by atoms with E-state index < -0.39 is 17.8 Å². The first kappa shape index (κ1) is 25.3. The van der Waals surface area contributed by atoms with Crippen molar-refractivity contribution in [3.05, 3.63) is 12.2 Å². The van der Waals surface area contributed by atoms with Gasteiger partial charge in [0.1, 0.15) is 6.04 Å². The fourth-order valence-corrected chi connectivity index (χ4v) is 4.49. The summed E-state index contributed by atoms with van der Waals surface area (Å²) in [5, 5.41) is 2.87. The lowest BCUT2D eigenvalue weighted by Crippen LogP contribution is -2.46. The Balaban J connectivity index is 2.01. The Morgan fingerprint density at radius 3 is 2.52 bits per heavy atom. The summed E-state index contributed by atoms with van der Waals surface area (Å²) in [4.78, 5) is 36.5. The summed E-state index contributed by atoms with van der Waals surface area (Å²) in [6, 6.07) is -0.653. The average molecular weight is 440 g/mol. The number of carbonyl (C=O) groups is 3. The zero-order chi connectivity index (χ0) is 22.9. The molecule has 1 heterocycles. The van der Waals surface area contributed by atoms with Gasteiger partial charge in [0.15, 0.2) is 5.79 Å². The van der Waals surface area contributed by atoms with Crippen molar-refractivity contribution in [3.63, 3.8) is 0 Å². The van der Waals surface area contributed by atoms with Crippen molar-refractivity contribution < 1.29 is 33.3 Å². The maximum absolute atomic E-state index is 12.8. The molecule has 0 aromatic rings. The first-order valence-corrected chi connectivity index (χ1v) is 11.3. The number of hydrogen-bond donors (Lipinski definition) is 1. The second-order valence-electron chi connectivity index (χ2n) is 8.29. The van der Waals surface area contributed by atoms with Crippen LogP contribution in [0, 0.1) is 17.8 Å². The molecule has 0 aromatic heterocycles. The summed E-state index contributed by atoms with van der Waals surface area (Å²) in [6.07, 6.45) is 7.17. The highest BCUT2D eigenvalue weighted by atomic mass is 16.7. The Morgan fingerprint density at radius 2 is 1.90 bits per heavy atom. The second kappa shape index (κ2) is 12.2. The number of nitrogens with one attached hydrogen (secondary N) is 1. The van der Waals surface area contributed by atoms with Gasteiger partial charge in [-0.3, -0.25) is 9.59 Å². The van der Waals surface area contributed by atoms with Crippen LogP contribution in [0.2, 0.25) is 0 Å². The van der Waals surface area contributed by atoms with E-state index >= 15 is 0 Å². The van der Waals surface area contributed by atoms with Crippen LogP contribution in [0.5, 0.6) is 0 Å². The van der Waals surface area contributed by atoms with Crippen LogP contribution in [0.25, 0.3) is 0 Å². The van der Waals surface area contributed by atoms with E-state index in [1.807, 2.05) is 19.9 Å². The minimum Gasteiger partial charge on any atom is -0.467 e. The molecule has 176 valence electrons. The summed E-state index contributed by atoms with van der Waals surface area (Å²) in [5.74, 6) is -1.49. The van der Waals surface area contributed by atoms with E-state index in [4.69, 9.17) is 18.9 Å². The van der Waals surface area contributed by atoms with E-state index in [9.17, 15) is 14.4 Å². The number of ether oxygens (including phenoxy) is 4. The van der Waals surface area contributed by atoms with Crippen LogP contribution < -0.4 is 5.32 Å². The lowest BCUT2D eigenvalue weighted by atomic mass is 9.86. The van der Waals surface area contributed by atoms with E-state index in [0.717, 1.165) is 19.3 Å². The molecule has 0 aromatic carbocycles. The zero-order valence-corrected chi connectivity index (χ0v) is 19.2. The molecular weight excluding hydrogens is 402 g/mol. The van der Waals surface area contributed by atoms with Crippen LogP contribution in [0.3, 0.4) is 0 Å². The fraction of sp³-hybridized carbons (Fsp3) is 0.783. The number of methoxy groups -OCH3 is 1. The third kappa shape index (κ3) is 6.77. The van der Waals surface area contributed by atoms with Gasteiger partial charge in [0.05, 0.1) is 33.4 Å². The molecule has 1 saturated heterocycles. The molecule has 1 N–H and O–H groups in total. The molecule has 8 nitrogen and oxygen atoms in total. The van der Waals surface area contributed by atoms with E-state index in [1.165, 1.54) is 7.11 Å². The maximum atomic E-state index is 12.8. The Hall–Kier alpha value is -1.93. The van der Waals surface area contributed by atoms with Gasteiger partial charge in [0.2, 0.25) is 5.91 Å². The highest BCUT2D eigenvalue weighted by Crippen LogP contribution is 2.49. The van der Waals surface area contributed by atoms with Crippen molar-refractivity contribution in [2.45, 2.75) is 71.1 Å². The lowest BCUT2D eigenvalue weighted by Gasteiger charge is -2.31. The first-order chi connectivity index (χ1) is 14.9. The third-order valence-electron chi connectivity index (χ3n) is 6.35. The number of amides is 1. The molecule has 31 heavy (non-hydrogen) atoms. The summed E-state index contributed by atoms with van der Waals surface area (Å²) < 4.78 is 21.8. The predicted molar refractivity (Wildman–Crippen MR) is 114 cm³/mol. The van der Waals surface area contributed by atoms with Gasteiger partial charge >= 0.3 is 11.9 Å². The Labute approximate surface area is 185 Å². The summed E-state index contributed by atoms with van der Waals surface area (Å²) >= 11 is 0. The van der Waals surface area contributed by atoms with Gasteiger partial charge in [-0.1, -0.05) is 32.4 Å². The van der Waals surface area contributed by atoms with E-state index in [-0.39, 0.29) is 42.5 Å². The van der Waals surface area contributed by atoms with Gasteiger partial charge in [-0.05, 0) is 31.6 Å². The van der Waals surface area contributed by atoms with Crippen molar-refractivity contribution >= 4 is 17.8 Å². The molecule has 1 aliphatic carbocycles. The molecule has 2 rings (SSSR count). The van der Waals surface area contributed by atoms with Crippen LogP contribution >= 0.6 is 0 Å². The summed E-state index contributed by atoms with van der Waals surface area (Å²) in [7, 11) is 1.33. The molecule has 4 atom stereocenters. The zero-order valence-electron chi connectivity index (χ0n) is 19.2. The topological polar surface area (TPSA) is 100 Å². The van der Waals surface area contributed by atoms with Gasteiger partial charge in [-0.25, -0.2) is 4.79 Å². The SMILES string of the molecule is CCOC(=O)C/C=C\C[C@@H]1[C@@H](CC(=O)N[C@H](C(=O)OC)[C@@H](C)CC)CCC12OCCO2. The van der Waals surface area contributed by atoms with Gasteiger partial charge in [-0.2, -0.15) is 0 Å². The lowest BCUT2D eigenvalue weighted by molar-refractivity contribution is -0.185. The highest BCUT2D eigenvalue weighted by Gasteiger charge is 2.52. The maximum Gasteiger partial charge on any atom is 0.328 e. The Bertz CT molecular complexity index is 642. The van der Waals surface area contributed by atoms with Gasteiger partial charge < -0.3 is 24.3 Å². The van der Waals surface area contributed by atoms with Crippen molar-refractivity contribution in [1.82, 2.24) is 5.32 Å². The number of allylic oxidation sites excluding steroid dienone is 1. The molecule has 2 aliphatic rings. The smallest absolute Gasteiger partial charge is 0.328 e. The van der Waals surface area contributed by atoms with Gasteiger partial charge in [0, 0.05) is 18.8 Å². The van der Waals surface area contributed by atoms with Crippen LogP contribution in [0.4, 0.5) is 0 Å². The molecule has 0 bridgehead atoms. The summed E-state index contributed by atoms with van der Waals surface area (Å²) in [6.45, 7) is 7.12. The molecule has 1 aliphatic heterocycles. The van der Waals surface area contributed by atoms with Gasteiger partial charge in [-0.15, -0.1) is 0 Å². The minimum atomic E-state index is -0.669. The van der Waals surface area contributed by atoms with E-state index in [2.05, 4.69) is 5.32 Å². The number of rotatable bonds is 11. The Morgan fingerprint density at radius 1 is 1.19 bits per heavy atom. The molecule has 8 heteroatoms. The third-order valence-corrected chi connectivity index (χ3v) is 6.35. The van der Waals surface area contributed by atoms with E-state index in [0.29, 0.717) is 26.2 Å². The molecule has 1 spiro atoms. The fourth-order valence-electron chi connectivity index (χ4n) is 4.49. The molecule has 1 saturated carbocycles. The van der Waals surface area contributed by atoms with Crippen molar-refractivity contribution in [3.8, 4) is 0 Å². The molecule has 1 amide bonds. The van der Waals surface area contributed by atoms with Crippen LogP contribution in [0.1, 0.15) is 59.3 Å². The molecule has 2 fully saturated rings. The van der Waals surface area contributed by atoms with Crippen LogP contribution in [-0.2, 0) is 33.3 Å². The van der Waals surface area contributed by atoms with Crippen LogP contribution in [0.15, 0.2) is 12.2 Å². The number of hydrogen-bond acceptors (Lipinski definition) is 7. The van der Waals surface area contributed by atoms with Gasteiger partial charge in [0.25, 0.3) is 0 Å². The van der Waals surface area contributed by atoms with Crippen molar-refractivity contribution in [2.75, 3.05) is 26.9 Å². The number of carbonyl (C=O) groups excluding carboxylic acids is 3. The quantitative estimate of drug-likeness (QED) is 0.390. The highest BCUT2D eigenvalue weighted by molar-refractivity contribution is 5.84. The standard InChI is InChI=1S/C23H37NO7/c1-5-16(3)21(22(27)28-4)24-19(25)15-17-11-12-23(30-13-14-31-23)18(17)9-7-8-10-20(26)29-6-2/h7-8,16-18,21H,5-6,9-15H2,1-4H3,(H,24,25)/b8-7-/t16-,17+,18+,21-/m0/s1. The monoisotopic (exact) mass is 439 g/mol. The number of esters is 2. The largest absolute Gasteiger partial charge is 0.467 e. The van der Waals surface area contributed by atoms with Crippen LogP contribution in [-0.4, -0.2) is 56.6 Å².